The molecular weight excluding hydrogens is 202 g/mol. The number of carbonyl (C=O) groups excluding carboxylic acids is 1. The van der Waals surface area contributed by atoms with Crippen LogP contribution in [-0.4, -0.2) is 19.9 Å². The molecule has 5 heteroatoms. The van der Waals surface area contributed by atoms with Crippen molar-refractivity contribution in [3.63, 3.8) is 0 Å². The van der Waals surface area contributed by atoms with Crippen LogP contribution in [0.4, 0.5) is 0 Å². The Bertz CT molecular complexity index is 446. The number of benzene rings is 1. The van der Waals surface area contributed by atoms with Crippen LogP contribution in [0, 0.1) is 0 Å². The van der Waals surface area contributed by atoms with E-state index >= 15 is 0 Å². The molecule has 14 heavy (non-hydrogen) atoms. The summed E-state index contributed by atoms with van der Waals surface area (Å²) in [6, 6.07) is 7.87. The van der Waals surface area contributed by atoms with E-state index in [-0.39, 0.29) is 4.90 Å². The minimum atomic E-state index is -3.53. The number of hydrogen-bond acceptors (Lipinski definition) is 4. The van der Waals surface area contributed by atoms with E-state index in [9.17, 15) is 13.2 Å². The Hall–Kier alpha value is -1.45. The van der Waals surface area contributed by atoms with Crippen molar-refractivity contribution in [1.82, 2.24) is 0 Å². The third kappa shape index (κ3) is 2.07. The molecule has 0 amide bonds. The van der Waals surface area contributed by atoms with Crippen LogP contribution in [0.2, 0.25) is 0 Å². The third-order valence-corrected chi connectivity index (χ3v) is 3.69. The van der Waals surface area contributed by atoms with E-state index in [1.165, 1.54) is 25.1 Å². The van der Waals surface area contributed by atoms with Gasteiger partial charge in [-0.25, -0.2) is 13.2 Å². The fourth-order valence-electron chi connectivity index (χ4n) is 0.951. The molecule has 0 saturated carbocycles. The van der Waals surface area contributed by atoms with Gasteiger partial charge in [-0.05, 0) is 19.1 Å². The van der Waals surface area contributed by atoms with Gasteiger partial charge < -0.3 is 0 Å². The van der Waals surface area contributed by atoms with Crippen molar-refractivity contribution >= 4 is 15.9 Å². The maximum absolute atomic E-state index is 11.6. The van der Waals surface area contributed by atoms with Gasteiger partial charge in [0.15, 0.2) is 5.37 Å². The summed E-state index contributed by atoms with van der Waals surface area (Å²) in [6.45, 7) is 1.34. The summed E-state index contributed by atoms with van der Waals surface area (Å²) >= 11 is 0. The lowest BCUT2D eigenvalue weighted by atomic mass is 10.4. The Kier molecular flexibility index (Phi) is 3.17. The van der Waals surface area contributed by atoms with Gasteiger partial charge in [0, 0.05) is 0 Å². The van der Waals surface area contributed by atoms with Crippen LogP contribution in [0.15, 0.2) is 40.2 Å². The Labute approximate surface area is 82.2 Å². The fourth-order valence-corrected chi connectivity index (χ4v) is 2.06. The summed E-state index contributed by atoms with van der Waals surface area (Å²) in [5.74, 6) is 0. The molecule has 1 aromatic carbocycles. The summed E-state index contributed by atoms with van der Waals surface area (Å²) in [4.78, 5) is 13.3. The standard InChI is InChI=1S/C9H9NO3S/c1-8(10-7-11)14(12,13)9-5-3-2-4-6-9/h2-6,8H,1H3. The van der Waals surface area contributed by atoms with Crippen LogP contribution >= 0.6 is 0 Å². The zero-order chi connectivity index (χ0) is 10.6. The summed E-state index contributed by atoms with van der Waals surface area (Å²) in [6.07, 6.45) is 1.24. The van der Waals surface area contributed by atoms with Crippen molar-refractivity contribution in [3.8, 4) is 0 Å². The minimum absolute atomic E-state index is 0.159. The van der Waals surface area contributed by atoms with E-state index in [1.54, 1.807) is 18.2 Å². The van der Waals surface area contributed by atoms with Crippen molar-refractivity contribution in [2.75, 3.05) is 0 Å². The normalized spacial score (nSPS) is 12.9. The first-order valence-corrected chi connectivity index (χ1v) is 5.49. The molecule has 0 spiro atoms. The average Bonchev–Trinajstić information content (AvgIpc) is 2.19. The van der Waals surface area contributed by atoms with Gasteiger partial charge in [0.2, 0.25) is 15.9 Å². The zero-order valence-corrected chi connectivity index (χ0v) is 8.36. The van der Waals surface area contributed by atoms with Crippen molar-refractivity contribution in [1.29, 1.82) is 0 Å². The predicted molar refractivity (Wildman–Crippen MR) is 51.2 cm³/mol. The molecule has 0 aliphatic heterocycles. The van der Waals surface area contributed by atoms with E-state index in [1.807, 2.05) is 0 Å². The topological polar surface area (TPSA) is 63.6 Å². The van der Waals surface area contributed by atoms with Crippen LogP contribution in [0.5, 0.6) is 0 Å². The van der Waals surface area contributed by atoms with Gasteiger partial charge in [-0.15, -0.1) is 0 Å². The number of aliphatic imine (C=N–C) groups is 1. The molecule has 1 unspecified atom stereocenters. The summed E-state index contributed by atoms with van der Waals surface area (Å²) in [5.41, 5.74) is 0. The number of nitrogens with zero attached hydrogens (tertiary/aromatic N) is 1. The molecule has 0 aliphatic rings. The predicted octanol–water partition coefficient (Wildman–Crippen LogP) is 1.14. The lowest BCUT2D eigenvalue weighted by Crippen LogP contribution is -2.15. The summed E-state index contributed by atoms with van der Waals surface area (Å²) in [7, 11) is -3.53. The first-order valence-electron chi connectivity index (χ1n) is 3.95. The fraction of sp³-hybridized carbons (Fsp3) is 0.222. The van der Waals surface area contributed by atoms with E-state index in [0.29, 0.717) is 0 Å². The van der Waals surface area contributed by atoms with Gasteiger partial charge in [0.1, 0.15) is 0 Å². The van der Waals surface area contributed by atoms with Crippen LogP contribution in [0.3, 0.4) is 0 Å². The van der Waals surface area contributed by atoms with Crippen molar-refractivity contribution in [2.45, 2.75) is 17.2 Å². The van der Waals surface area contributed by atoms with Gasteiger partial charge in [0.05, 0.1) is 4.90 Å². The second-order valence-corrected chi connectivity index (χ2v) is 4.92. The Morgan fingerprint density at radius 2 is 1.86 bits per heavy atom. The lowest BCUT2D eigenvalue weighted by Gasteiger charge is -2.05. The van der Waals surface area contributed by atoms with Gasteiger partial charge in [-0.2, -0.15) is 4.99 Å². The number of isocyanates is 1. The molecule has 0 bridgehead atoms. The van der Waals surface area contributed by atoms with Gasteiger partial charge >= 0.3 is 0 Å². The first kappa shape index (κ1) is 10.6. The molecule has 0 saturated heterocycles. The molecule has 1 aromatic rings. The molecule has 0 aliphatic carbocycles. The minimum Gasteiger partial charge on any atom is -0.221 e. The Morgan fingerprint density at radius 1 is 1.29 bits per heavy atom. The van der Waals surface area contributed by atoms with Crippen molar-refractivity contribution < 1.29 is 13.2 Å². The number of hydrogen-bond donors (Lipinski definition) is 0. The molecule has 0 heterocycles. The number of rotatable bonds is 3. The van der Waals surface area contributed by atoms with Crippen molar-refractivity contribution in [3.05, 3.63) is 30.3 Å². The van der Waals surface area contributed by atoms with Gasteiger partial charge in [-0.3, -0.25) is 0 Å². The molecular formula is C9H9NO3S. The van der Waals surface area contributed by atoms with Gasteiger partial charge in [-0.1, -0.05) is 18.2 Å². The monoisotopic (exact) mass is 211 g/mol. The Balaban J connectivity index is 3.16. The van der Waals surface area contributed by atoms with Crippen LogP contribution < -0.4 is 0 Å². The third-order valence-electron chi connectivity index (χ3n) is 1.76. The van der Waals surface area contributed by atoms with Crippen molar-refractivity contribution in [2.24, 2.45) is 4.99 Å². The quantitative estimate of drug-likeness (QED) is 0.556. The van der Waals surface area contributed by atoms with Crippen LogP contribution in [0.25, 0.3) is 0 Å². The van der Waals surface area contributed by atoms with Crippen LogP contribution in [0.1, 0.15) is 6.92 Å². The molecule has 74 valence electrons. The maximum atomic E-state index is 11.6. The van der Waals surface area contributed by atoms with Crippen LogP contribution in [-0.2, 0) is 14.6 Å². The molecule has 1 atom stereocenters. The number of sulfone groups is 1. The lowest BCUT2D eigenvalue weighted by molar-refractivity contribution is 0.558. The highest BCUT2D eigenvalue weighted by Crippen LogP contribution is 2.15. The maximum Gasteiger partial charge on any atom is 0.236 e. The Morgan fingerprint density at radius 3 is 2.36 bits per heavy atom. The molecule has 0 aromatic heterocycles. The highest BCUT2D eigenvalue weighted by molar-refractivity contribution is 7.92. The summed E-state index contributed by atoms with van der Waals surface area (Å²) < 4.78 is 23.3. The van der Waals surface area contributed by atoms with E-state index < -0.39 is 15.2 Å². The first-order chi connectivity index (χ1) is 6.59. The highest BCUT2D eigenvalue weighted by Gasteiger charge is 2.21. The van der Waals surface area contributed by atoms with E-state index in [4.69, 9.17) is 0 Å². The van der Waals surface area contributed by atoms with Gasteiger partial charge in [0.25, 0.3) is 0 Å². The highest BCUT2D eigenvalue weighted by atomic mass is 32.2. The largest absolute Gasteiger partial charge is 0.236 e. The van der Waals surface area contributed by atoms with E-state index in [2.05, 4.69) is 4.99 Å². The molecule has 0 N–H and O–H groups in total. The molecule has 1 rings (SSSR count). The molecule has 4 nitrogen and oxygen atoms in total. The average molecular weight is 211 g/mol. The smallest absolute Gasteiger partial charge is 0.221 e. The van der Waals surface area contributed by atoms with E-state index in [0.717, 1.165) is 0 Å². The zero-order valence-electron chi connectivity index (χ0n) is 7.54. The SMILES string of the molecule is CC(N=C=O)S(=O)(=O)c1ccccc1. The second kappa shape index (κ2) is 4.17. The second-order valence-electron chi connectivity index (χ2n) is 2.68. The molecule has 0 radical (unpaired) electrons. The molecule has 0 fully saturated rings. The summed E-state index contributed by atoms with van der Waals surface area (Å²) in [5, 5.41) is -1.08.